The molecule has 0 bridgehead atoms. The van der Waals surface area contributed by atoms with E-state index in [0.717, 1.165) is 38.9 Å². The first kappa shape index (κ1) is 60.2. The number of carbonyl (C=O) groups is 2. The van der Waals surface area contributed by atoms with Gasteiger partial charge in [-0.1, -0.05) is 218 Å². The summed E-state index contributed by atoms with van der Waals surface area (Å²) < 4.78 is 84.7. The van der Waals surface area contributed by atoms with Gasteiger partial charge in [0.2, 0.25) is 23.7 Å². The van der Waals surface area contributed by atoms with E-state index in [-0.39, 0.29) is 88.7 Å². The van der Waals surface area contributed by atoms with E-state index in [4.69, 9.17) is 61.6 Å². The molecule has 3 aliphatic heterocycles. The van der Waals surface area contributed by atoms with Gasteiger partial charge in [-0.05, 0) is 63.2 Å². The predicted molar refractivity (Wildman–Crippen MR) is 341 cm³/mol. The molecule has 0 radical (unpaired) electrons. The quantitative estimate of drug-likeness (QED) is 0.0448. The Morgan fingerprint density at radius 2 is 0.902 bits per heavy atom. The van der Waals surface area contributed by atoms with Crippen LogP contribution >= 0.6 is 0 Å². The van der Waals surface area contributed by atoms with E-state index in [1.165, 1.54) is 0 Å². The van der Waals surface area contributed by atoms with Crippen molar-refractivity contribution in [1.82, 2.24) is 0 Å². The lowest BCUT2D eigenvalue weighted by atomic mass is 9.93. The highest BCUT2D eigenvalue weighted by atomic mass is 16.8. The number of esters is 1. The highest BCUT2D eigenvalue weighted by molar-refractivity contribution is 5.91. The van der Waals surface area contributed by atoms with Crippen LogP contribution in [-0.2, 0) is 76.4 Å². The summed E-state index contributed by atoms with van der Waals surface area (Å²) >= 11 is 0. The maximum absolute atomic E-state index is 15.5. The molecule has 464 valence electrons. The van der Waals surface area contributed by atoms with Crippen molar-refractivity contribution in [1.29, 1.82) is 0 Å². The zero-order valence-corrected chi connectivity index (χ0v) is 50.3. The van der Waals surface area contributed by atoms with Crippen molar-refractivity contribution in [2.24, 2.45) is 0 Å². The zero-order valence-electron chi connectivity index (χ0n) is 50.3. The van der Waals surface area contributed by atoms with Gasteiger partial charge < -0.3 is 61.6 Å². The molecule has 2 saturated heterocycles. The summed E-state index contributed by atoms with van der Waals surface area (Å²) in [6.07, 6.45) is -5.16. The van der Waals surface area contributed by atoms with E-state index in [0.29, 0.717) is 39.9 Å². The minimum atomic E-state index is -1.33. The molecule has 3 aliphatic rings. The second-order valence-electron chi connectivity index (χ2n) is 22.5. The molecule has 15 heteroatoms. The van der Waals surface area contributed by atoms with Gasteiger partial charge in [0.15, 0.2) is 29.1 Å². The number of hydrogen-bond donors (Lipinski definition) is 0. The molecule has 92 heavy (non-hydrogen) atoms. The van der Waals surface area contributed by atoms with E-state index >= 15 is 4.79 Å². The summed E-state index contributed by atoms with van der Waals surface area (Å²) in [5.74, 6) is 2.01. The third-order valence-corrected chi connectivity index (χ3v) is 15.8. The van der Waals surface area contributed by atoms with Gasteiger partial charge in [-0.3, -0.25) is 0 Å². The van der Waals surface area contributed by atoms with Crippen LogP contribution in [0.2, 0.25) is 0 Å². The third-order valence-electron chi connectivity index (χ3n) is 15.8. The van der Waals surface area contributed by atoms with Crippen molar-refractivity contribution in [3.05, 3.63) is 310 Å². The van der Waals surface area contributed by atoms with E-state index in [9.17, 15) is 4.79 Å². The normalized spacial score (nSPS) is 17.8. The van der Waals surface area contributed by atoms with Crippen LogP contribution in [0.15, 0.2) is 255 Å². The van der Waals surface area contributed by atoms with Gasteiger partial charge in [-0.15, -0.1) is 0 Å². The molecule has 0 aliphatic carbocycles. The Morgan fingerprint density at radius 1 is 0.446 bits per heavy atom. The standard InChI is InChI=1S/C77H66O15/c78-74(61-39-68(84-48-57-30-16-5-17-31-57)72(86-50-59-34-20-7-21-35-59)69(40-61)85-49-58-32-18-6-19-33-58)89-70-43-63-65(88-71(70)60-36-37-64(82-46-55-26-12-3-13-27-55)67(38-60)83-47-56-28-14-4-15-29-56)41-62(81-45-54-24-10-2-11-25-54)42-66(63)90-75-73-77(52-87-75,92-76(79)91-73)51-80-44-53-22-8-1-9-23-53/h1-42,70-71,73,75H,43-52H2/t70-,71+,73-,75-,77+/m0/s1. The molecule has 3 heterocycles. The van der Waals surface area contributed by atoms with Crippen LogP contribution in [0.1, 0.15) is 66.5 Å². The highest BCUT2D eigenvalue weighted by Gasteiger charge is 2.62. The number of carbonyl (C=O) groups excluding carboxylic acids is 2. The van der Waals surface area contributed by atoms with E-state index < -0.39 is 42.3 Å². The Kier molecular flexibility index (Phi) is 18.9. The Hall–Kier alpha value is -10.7. The molecule has 15 nitrogen and oxygen atoms in total. The minimum Gasteiger partial charge on any atom is -0.489 e. The van der Waals surface area contributed by atoms with Crippen LogP contribution in [-0.4, -0.2) is 49.4 Å². The van der Waals surface area contributed by atoms with Crippen LogP contribution in [0.3, 0.4) is 0 Å². The van der Waals surface area contributed by atoms with E-state index in [1.807, 2.05) is 231 Å². The summed E-state index contributed by atoms with van der Waals surface area (Å²) in [6, 6.07) is 80.6. The second-order valence-corrected chi connectivity index (χ2v) is 22.5. The van der Waals surface area contributed by atoms with Crippen molar-refractivity contribution in [2.75, 3.05) is 13.2 Å². The van der Waals surface area contributed by atoms with Gasteiger partial charge in [0, 0.05) is 29.7 Å². The smallest absolute Gasteiger partial charge is 0.489 e. The monoisotopic (exact) mass is 1230 g/mol. The Bertz CT molecular complexity index is 3990. The SMILES string of the molecule is O=C1O[C@H]2[C@H](Oc3cc(OCc4ccccc4)cc4c3C[C@H](OC(=O)c3cc(OCc5ccccc5)c(OCc5ccccc5)c(OCc5ccccc5)c3)[C@@H](c3ccc(OCc5ccccc5)c(OCc5ccccc5)c3)O4)OC[C@@]2(COCc2ccccc2)O1. The average Bonchev–Trinajstić information content (AvgIpc) is 1.50. The van der Waals surface area contributed by atoms with Gasteiger partial charge in [0.1, 0.15) is 63.0 Å². The Morgan fingerprint density at radius 3 is 1.41 bits per heavy atom. The second kappa shape index (κ2) is 28.8. The third kappa shape index (κ3) is 14.9. The topological polar surface area (TPSA) is 154 Å². The van der Waals surface area contributed by atoms with Gasteiger partial charge in [0.25, 0.3) is 0 Å². The zero-order chi connectivity index (χ0) is 62.3. The molecular formula is C77H66O15. The first-order valence-corrected chi connectivity index (χ1v) is 30.5. The molecule has 10 aromatic carbocycles. The molecule has 13 rings (SSSR count). The lowest BCUT2D eigenvalue weighted by molar-refractivity contribution is -0.0921. The van der Waals surface area contributed by atoms with E-state index in [2.05, 4.69) is 0 Å². The molecule has 5 atom stereocenters. The molecule has 0 unspecified atom stereocenters. The maximum Gasteiger partial charge on any atom is 0.509 e. The maximum atomic E-state index is 15.5. The first-order chi connectivity index (χ1) is 45.3. The number of benzene rings is 10. The minimum absolute atomic E-state index is 0.0263. The number of ether oxygens (including phenoxy) is 13. The Balaban J connectivity index is 0.886. The molecule has 2 fully saturated rings. The molecule has 10 aromatic rings. The van der Waals surface area contributed by atoms with Crippen molar-refractivity contribution in [2.45, 2.75) is 82.9 Å². The molecular weight excluding hydrogens is 1160 g/mol. The summed E-state index contributed by atoms with van der Waals surface area (Å²) in [7, 11) is 0. The predicted octanol–water partition coefficient (Wildman–Crippen LogP) is 15.3. The first-order valence-electron chi connectivity index (χ1n) is 30.5. The highest BCUT2D eigenvalue weighted by Crippen LogP contribution is 2.48. The summed E-state index contributed by atoms with van der Waals surface area (Å²) in [5, 5.41) is 0. The van der Waals surface area contributed by atoms with E-state index in [1.54, 1.807) is 24.3 Å². The number of rotatable bonds is 27. The fourth-order valence-electron chi connectivity index (χ4n) is 11.1. The molecule has 0 aromatic heterocycles. The van der Waals surface area contributed by atoms with Crippen LogP contribution in [0, 0.1) is 0 Å². The van der Waals surface area contributed by atoms with Crippen molar-refractivity contribution >= 4 is 12.1 Å². The molecule has 0 amide bonds. The fourth-order valence-corrected chi connectivity index (χ4v) is 11.1. The number of fused-ring (bicyclic) bond motifs is 2. The summed E-state index contributed by atoms with van der Waals surface area (Å²) in [6.45, 7) is 1.30. The average molecular weight is 1230 g/mol. The Labute approximate surface area is 533 Å². The molecule has 0 spiro atoms. The molecule has 0 saturated carbocycles. The van der Waals surface area contributed by atoms with Gasteiger partial charge in [-0.25, -0.2) is 9.59 Å². The van der Waals surface area contributed by atoms with Crippen LogP contribution in [0.25, 0.3) is 0 Å². The van der Waals surface area contributed by atoms with Crippen LogP contribution in [0.5, 0.6) is 46.0 Å². The van der Waals surface area contributed by atoms with Crippen molar-refractivity contribution in [3.8, 4) is 46.0 Å². The van der Waals surface area contributed by atoms with Crippen LogP contribution in [0.4, 0.5) is 4.79 Å². The van der Waals surface area contributed by atoms with Gasteiger partial charge in [-0.2, -0.15) is 0 Å². The van der Waals surface area contributed by atoms with Gasteiger partial charge >= 0.3 is 12.1 Å². The van der Waals surface area contributed by atoms with Gasteiger partial charge in [0.05, 0.1) is 25.4 Å². The number of hydrogen-bond acceptors (Lipinski definition) is 15. The van der Waals surface area contributed by atoms with Crippen LogP contribution < -0.4 is 37.9 Å². The lowest BCUT2D eigenvalue weighted by Crippen LogP contribution is -2.46. The fraction of sp³-hybridized carbons (Fsp3) is 0.195. The summed E-state index contributed by atoms with van der Waals surface area (Å²) in [4.78, 5) is 28.6. The molecule has 0 N–H and O–H groups in total. The van der Waals surface area contributed by atoms with Crippen molar-refractivity contribution in [3.63, 3.8) is 0 Å². The summed E-state index contributed by atoms with van der Waals surface area (Å²) in [5.41, 5.74) is 6.34. The lowest BCUT2D eigenvalue weighted by Gasteiger charge is -2.35. The van der Waals surface area contributed by atoms with Crippen molar-refractivity contribution < 1.29 is 71.2 Å². The largest absolute Gasteiger partial charge is 0.509 e.